The number of rotatable bonds is 6. The quantitative estimate of drug-likeness (QED) is 0.427. The predicted octanol–water partition coefficient (Wildman–Crippen LogP) is -0.320. The van der Waals surface area contributed by atoms with Crippen LogP contribution in [0, 0.1) is 0 Å². The minimum Gasteiger partial charge on any atom is -0.397 e. The number of hydrogen-bond acceptors (Lipinski definition) is 6. The van der Waals surface area contributed by atoms with Crippen molar-refractivity contribution >= 4 is 28.2 Å². The van der Waals surface area contributed by atoms with Gasteiger partial charge in [-0.3, -0.25) is 9.59 Å². The lowest BCUT2D eigenvalue weighted by Gasteiger charge is -2.10. The minimum atomic E-state index is -0.254. The van der Waals surface area contributed by atoms with Crippen LogP contribution in [0.3, 0.4) is 0 Å². The van der Waals surface area contributed by atoms with E-state index in [-0.39, 0.29) is 18.0 Å². The summed E-state index contributed by atoms with van der Waals surface area (Å²) in [5.41, 5.74) is 7.06. The van der Waals surface area contributed by atoms with E-state index in [0.29, 0.717) is 35.4 Å². The maximum absolute atomic E-state index is 11.6. The molecule has 2 aromatic rings. The first-order valence-electron chi connectivity index (χ1n) is 6.38. The Hall–Kier alpha value is -2.61. The maximum Gasteiger partial charge on any atom is 0.258 e. The van der Waals surface area contributed by atoms with Crippen molar-refractivity contribution in [2.24, 2.45) is 0 Å². The van der Waals surface area contributed by atoms with Crippen molar-refractivity contribution in [1.82, 2.24) is 15.3 Å². The number of ether oxygens (including phenoxy) is 1. The smallest absolute Gasteiger partial charge is 0.258 e. The molecule has 0 atom stereocenters. The molecule has 0 saturated carbocycles. The average molecular weight is 291 g/mol. The van der Waals surface area contributed by atoms with E-state index in [1.54, 1.807) is 13.2 Å². The molecule has 1 aromatic carbocycles. The SMILES string of the molecule is COCCNC(=O)CNc1cc2nc[nH]c(=O)c2cc1N. The lowest BCUT2D eigenvalue weighted by molar-refractivity contribution is -0.119. The molecule has 5 N–H and O–H groups in total. The second-order valence-corrected chi connectivity index (χ2v) is 4.38. The van der Waals surface area contributed by atoms with Gasteiger partial charge in [0.15, 0.2) is 0 Å². The number of nitrogens with two attached hydrogens (primary N) is 1. The molecular formula is C13H17N5O3. The second-order valence-electron chi connectivity index (χ2n) is 4.38. The average Bonchev–Trinajstić information content (AvgIpc) is 2.46. The molecule has 0 radical (unpaired) electrons. The van der Waals surface area contributed by atoms with Gasteiger partial charge in [0.2, 0.25) is 5.91 Å². The van der Waals surface area contributed by atoms with Crippen LogP contribution in [0.5, 0.6) is 0 Å². The molecule has 1 aromatic heterocycles. The Kier molecular flexibility index (Phi) is 4.72. The van der Waals surface area contributed by atoms with Crippen LogP contribution < -0.4 is 21.9 Å². The van der Waals surface area contributed by atoms with Crippen molar-refractivity contribution in [3.05, 3.63) is 28.8 Å². The number of hydrogen-bond donors (Lipinski definition) is 4. The van der Waals surface area contributed by atoms with Crippen LogP contribution >= 0.6 is 0 Å². The van der Waals surface area contributed by atoms with Crippen LogP contribution in [0.4, 0.5) is 11.4 Å². The van der Waals surface area contributed by atoms with E-state index in [4.69, 9.17) is 10.5 Å². The largest absolute Gasteiger partial charge is 0.397 e. The lowest BCUT2D eigenvalue weighted by atomic mass is 10.2. The standard InChI is InChI=1S/C13H17N5O3/c1-21-3-2-15-12(19)6-16-11-5-10-8(4-9(11)14)13(20)18-7-17-10/h4-5,7,16H,2-3,6,14H2,1H3,(H,15,19)(H,17,18,20). The van der Waals surface area contributed by atoms with Crippen molar-refractivity contribution in [2.75, 3.05) is 37.9 Å². The summed E-state index contributed by atoms with van der Waals surface area (Å²) in [7, 11) is 1.56. The highest BCUT2D eigenvalue weighted by Gasteiger charge is 2.07. The van der Waals surface area contributed by atoms with Crippen molar-refractivity contribution in [3.63, 3.8) is 0 Å². The summed E-state index contributed by atoms with van der Waals surface area (Å²) >= 11 is 0. The zero-order valence-corrected chi connectivity index (χ0v) is 11.6. The van der Waals surface area contributed by atoms with Gasteiger partial charge in [0, 0.05) is 13.7 Å². The van der Waals surface area contributed by atoms with Crippen LogP contribution in [0.15, 0.2) is 23.3 Å². The number of anilines is 2. The number of methoxy groups -OCH3 is 1. The Labute approximate surface area is 120 Å². The topological polar surface area (TPSA) is 122 Å². The fraction of sp³-hybridized carbons (Fsp3) is 0.308. The molecule has 0 aliphatic heterocycles. The Morgan fingerprint density at radius 1 is 1.48 bits per heavy atom. The Bertz CT molecular complexity index is 698. The van der Waals surface area contributed by atoms with Gasteiger partial charge in [-0.1, -0.05) is 0 Å². The molecule has 2 rings (SSSR count). The molecule has 0 aliphatic carbocycles. The van der Waals surface area contributed by atoms with Gasteiger partial charge >= 0.3 is 0 Å². The summed E-state index contributed by atoms with van der Waals surface area (Å²) in [4.78, 5) is 29.7. The van der Waals surface area contributed by atoms with Crippen molar-refractivity contribution in [1.29, 1.82) is 0 Å². The minimum absolute atomic E-state index is 0.0720. The summed E-state index contributed by atoms with van der Waals surface area (Å²) in [6.45, 7) is 0.973. The molecule has 8 heteroatoms. The Balaban J connectivity index is 2.07. The van der Waals surface area contributed by atoms with E-state index in [1.165, 1.54) is 12.4 Å². The fourth-order valence-electron chi connectivity index (χ4n) is 1.82. The van der Waals surface area contributed by atoms with Gasteiger partial charge in [-0.05, 0) is 12.1 Å². The van der Waals surface area contributed by atoms with E-state index in [9.17, 15) is 9.59 Å². The molecule has 0 saturated heterocycles. The highest BCUT2D eigenvalue weighted by Crippen LogP contribution is 2.22. The maximum atomic E-state index is 11.6. The number of amides is 1. The van der Waals surface area contributed by atoms with E-state index in [1.807, 2.05) is 0 Å². The highest BCUT2D eigenvalue weighted by molar-refractivity contribution is 5.89. The van der Waals surface area contributed by atoms with Crippen LogP contribution in [-0.4, -0.2) is 42.7 Å². The van der Waals surface area contributed by atoms with Gasteiger partial charge in [0.25, 0.3) is 5.56 Å². The van der Waals surface area contributed by atoms with Crippen molar-refractivity contribution < 1.29 is 9.53 Å². The fourth-order valence-corrected chi connectivity index (χ4v) is 1.82. The van der Waals surface area contributed by atoms with Crippen molar-refractivity contribution in [2.45, 2.75) is 0 Å². The van der Waals surface area contributed by atoms with Gasteiger partial charge in [-0.25, -0.2) is 4.98 Å². The first-order valence-corrected chi connectivity index (χ1v) is 6.38. The predicted molar refractivity (Wildman–Crippen MR) is 80.2 cm³/mol. The molecule has 1 heterocycles. The Morgan fingerprint density at radius 3 is 3.05 bits per heavy atom. The molecule has 1 amide bonds. The third-order valence-corrected chi connectivity index (χ3v) is 2.88. The normalized spacial score (nSPS) is 10.5. The molecule has 8 nitrogen and oxygen atoms in total. The zero-order valence-electron chi connectivity index (χ0n) is 11.6. The summed E-state index contributed by atoms with van der Waals surface area (Å²) in [5, 5.41) is 6.01. The summed E-state index contributed by atoms with van der Waals surface area (Å²) in [5.74, 6) is -0.176. The van der Waals surface area contributed by atoms with Crippen molar-refractivity contribution in [3.8, 4) is 0 Å². The number of fused-ring (bicyclic) bond motifs is 1. The number of aromatic amines is 1. The van der Waals surface area contributed by atoms with Gasteiger partial charge in [0.1, 0.15) is 0 Å². The number of aromatic nitrogens is 2. The molecule has 0 unspecified atom stereocenters. The van der Waals surface area contributed by atoms with Gasteiger partial charge in [-0.2, -0.15) is 0 Å². The monoisotopic (exact) mass is 291 g/mol. The summed E-state index contributed by atoms with van der Waals surface area (Å²) in [6.07, 6.45) is 1.32. The molecule has 0 aliphatic rings. The van der Waals surface area contributed by atoms with Crippen LogP contribution in [0.1, 0.15) is 0 Å². The molecule has 0 bridgehead atoms. The lowest BCUT2D eigenvalue weighted by Crippen LogP contribution is -2.32. The summed E-state index contributed by atoms with van der Waals surface area (Å²) in [6, 6.07) is 3.18. The number of carbonyl (C=O) groups is 1. The second kappa shape index (κ2) is 6.71. The van der Waals surface area contributed by atoms with Gasteiger partial charge in [-0.15, -0.1) is 0 Å². The van der Waals surface area contributed by atoms with E-state index in [0.717, 1.165) is 0 Å². The molecule has 0 spiro atoms. The molecule has 0 fully saturated rings. The number of nitrogens with zero attached hydrogens (tertiary/aromatic N) is 1. The van der Waals surface area contributed by atoms with Gasteiger partial charge in [0.05, 0.1) is 41.8 Å². The molecular weight excluding hydrogens is 274 g/mol. The number of nitrogen functional groups attached to an aromatic ring is 1. The number of carbonyl (C=O) groups excluding carboxylic acids is 1. The number of benzene rings is 1. The van der Waals surface area contributed by atoms with E-state index in [2.05, 4.69) is 20.6 Å². The van der Waals surface area contributed by atoms with E-state index >= 15 is 0 Å². The molecule has 21 heavy (non-hydrogen) atoms. The third-order valence-electron chi connectivity index (χ3n) is 2.88. The van der Waals surface area contributed by atoms with Crippen LogP contribution in [0.2, 0.25) is 0 Å². The van der Waals surface area contributed by atoms with E-state index < -0.39 is 0 Å². The highest BCUT2D eigenvalue weighted by atomic mass is 16.5. The van der Waals surface area contributed by atoms with Crippen LogP contribution in [-0.2, 0) is 9.53 Å². The summed E-state index contributed by atoms with van der Waals surface area (Å²) < 4.78 is 4.84. The zero-order chi connectivity index (χ0) is 15.2. The number of H-pyrrole nitrogens is 1. The Morgan fingerprint density at radius 2 is 2.29 bits per heavy atom. The van der Waals surface area contributed by atoms with Crippen LogP contribution in [0.25, 0.3) is 10.9 Å². The first kappa shape index (κ1) is 14.8. The third kappa shape index (κ3) is 3.69. The number of nitrogens with one attached hydrogen (secondary N) is 3. The molecule has 112 valence electrons. The first-order chi connectivity index (χ1) is 10.1. The van der Waals surface area contributed by atoms with Gasteiger partial charge < -0.3 is 26.1 Å².